The zero-order valence-electron chi connectivity index (χ0n) is 30.8. The summed E-state index contributed by atoms with van der Waals surface area (Å²) in [6.07, 6.45) is 26.9. The third kappa shape index (κ3) is 12.4. The lowest BCUT2D eigenvalue weighted by Gasteiger charge is -2.39. The highest BCUT2D eigenvalue weighted by Gasteiger charge is 2.35. The molecule has 2 aliphatic heterocycles. The molecule has 0 spiro atoms. The average molecular weight is 677 g/mol. The van der Waals surface area contributed by atoms with Gasteiger partial charge in [-0.15, -0.1) is 0 Å². The summed E-state index contributed by atoms with van der Waals surface area (Å²) in [7, 11) is 0. The lowest BCUT2D eigenvalue weighted by molar-refractivity contribution is -0.0812. The van der Waals surface area contributed by atoms with Crippen molar-refractivity contribution in [3.05, 3.63) is 0 Å². The first-order valence-electron chi connectivity index (χ1n) is 20.9. The van der Waals surface area contributed by atoms with Crippen LogP contribution in [0.2, 0.25) is 0 Å². The second-order valence-corrected chi connectivity index (χ2v) is 17.2. The summed E-state index contributed by atoms with van der Waals surface area (Å²) in [5.74, 6) is 4.94. The van der Waals surface area contributed by atoms with Gasteiger partial charge in [-0.1, -0.05) is 26.7 Å². The van der Waals surface area contributed by atoms with Crippen molar-refractivity contribution in [1.82, 2.24) is 0 Å². The molecule has 0 amide bonds. The normalized spacial score (nSPS) is 39.1. The van der Waals surface area contributed by atoms with Gasteiger partial charge in [-0.3, -0.25) is 0 Å². The number of hydrogen-bond donors (Lipinski definition) is 1. The van der Waals surface area contributed by atoms with Gasteiger partial charge < -0.3 is 33.5 Å². The Balaban J connectivity index is 0.759. The van der Waals surface area contributed by atoms with E-state index in [1.54, 1.807) is 0 Å². The lowest BCUT2D eigenvalue weighted by atomic mass is 9.70. The van der Waals surface area contributed by atoms with Crippen molar-refractivity contribution >= 4 is 0 Å². The van der Waals surface area contributed by atoms with Gasteiger partial charge in [-0.2, -0.15) is 0 Å². The van der Waals surface area contributed by atoms with Gasteiger partial charge in [0, 0.05) is 6.61 Å². The molecular weight excluding hydrogens is 604 g/mol. The van der Waals surface area contributed by atoms with Crippen molar-refractivity contribution in [2.24, 2.45) is 35.5 Å². The molecular formula is C41H72O7. The van der Waals surface area contributed by atoms with Gasteiger partial charge in [0.15, 0.2) is 0 Å². The van der Waals surface area contributed by atoms with Crippen molar-refractivity contribution in [3.8, 4) is 0 Å². The van der Waals surface area contributed by atoms with Gasteiger partial charge in [0.2, 0.25) is 0 Å². The average Bonchev–Trinajstić information content (AvgIpc) is 4.07. The molecule has 7 heteroatoms. The van der Waals surface area contributed by atoms with E-state index >= 15 is 0 Å². The quantitative estimate of drug-likeness (QED) is 0.103. The number of rotatable bonds is 20. The summed E-state index contributed by atoms with van der Waals surface area (Å²) < 4.78 is 35.4. The molecule has 5 atom stereocenters. The van der Waals surface area contributed by atoms with E-state index in [9.17, 15) is 5.11 Å². The van der Waals surface area contributed by atoms with E-state index in [0.29, 0.717) is 49.8 Å². The Kier molecular flexibility index (Phi) is 15.2. The fraction of sp³-hybridized carbons (Fsp3) is 1.00. The van der Waals surface area contributed by atoms with Gasteiger partial charge >= 0.3 is 0 Å². The van der Waals surface area contributed by atoms with Crippen LogP contribution in [0.4, 0.5) is 0 Å². The third-order valence-electron chi connectivity index (χ3n) is 13.7. The topological polar surface area (TPSA) is 82.2 Å². The summed E-state index contributed by atoms with van der Waals surface area (Å²) in [4.78, 5) is 0. The van der Waals surface area contributed by atoms with Crippen LogP contribution in [0.1, 0.15) is 142 Å². The molecule has 6 aliphatic rings. The molecule has 0 bridgehead atoms. The van der Waals surface area contributed by atoms with E-state index in [4.69, 9.17) is 28.4 Å². The highest BCUT2D eigenvalue weighted by Crippen LogP contribution is 2.42. The van der Waals surface area contributed by atoms with E-state index in [1.807, 2.05) is 0 Å². The Morgan fingerprint density at radius 2 is 0.896 bits per heavy atom. The van der Waals surface area contributed by atoms with Crippen LogP contribution in [0.3, 0.4) is 0 Å². The zero-order chi connectivity index (χ0) is 33.1. The SMILES string of the molecule is CC(C1CCC(OCCCCCC2CO2)CC1)C1CCC(OCC(O)COC2CCC(C(C)C3CCC(OCC4CO4)CC3)CC2)CC1. The van der Waals surface area contributed by atoms with Crippen LogP contribution in [0.5, 0.6) is 0 Å². The molecule has 2 saturated heterocycles. The number of hydrogen-bond acceptors (Lipinski definition) is 7. The Morgan fingerprint density at radius 1 is 0.500 bits per heavy atom. The molecule has 0 aromatic heterocycles. The van der Waals surface area contributed by atoms with Crippen LogP contribution in [0.15, 0.2) is 0 Å². The fourth-order valence-corrected chi connectivity index (χ4v) is 9.98. The van der Waals surface area contributed by atoms with Crippen LogP contribution in [0.25, 0.3) is 0 Å². The Labute approximate surface area is 293 Å². The molecule has 0 aromatic rings. The first-order valence-corrected chi connectivity index (χ1v) is 20.9. The molecule has 0 radical (unpaired) electrons. The van der Waals surface area contributed by atoms with E-state index in [-0.39, 0.29) is 0 Å². The van der Waals surface area contributed by atoms with E-state index in [0.717, 1.165) is 87.6 Å². The van der Waals surface area contributed by atoms with E-state index in [1.165, 1.54) is 103 Å². The summed E-state index contributed by atoms with van der Waals surface area (Å²) in [6, 6.07) is 0. The molecule has 6 fully saturated rings. The van der Waals surface area contributed by atoms with Crippen LogP contribution in [-0.4, -0.2) is 87.5 Å². The van der Waals surface area contributed by atoms with Crippen LogP contribution >= 0.6 is 0 Å². The molecule has 4 aliphatic carbocycles. The maximum absolute atomic E-state index is 10.7. The van der Waals surface area contributed by atoms with Gasteiger partial charge in [0.05, 0.1) is 63.6 Å². The molecule has 278 valence electrons. The van der Waals surface area contributed by atoms with Crippen LogP contribution in [-0.2, 0) is 28.4 Å². The van der Waals surface area contributed by atoms with Gasteiger partial charge in [0.25, 0.3) is 0 Å². The molecule has 2 heterocycles. The molecule has 0 aromatic carbocycles. The van der Waals surface area contributed by atoms with Gasteiger partial charge in [-0.05, 0) is 151 Å². The highest BCUT2D eigenvalue weighted by atomic mass is 16.6. The number of epoxide rings is 2. The standard InChI is InChI=1S/C41H72O7/c1-29(31-7-15-36(16-8-31)43-23-5-3-4-6-40-26-47-40)32-9-17-37(18-10-32)44-24-35(42)25-45-38-19-11-33(12-20-38)30(2)34-13-21-39(22-14-34)46-27-41-28-48-41/h29-42H,3-28H2,1-2H3. The predicted molar refractivity (Wildman–Crippen MR) is 189 cm³/mol. The molecule has 5 unspecified atom stereocenters. The second-order valence-electron chi connectivity index (χ2n) is 17.2. The molecule has 1 N–H and O–H groups in total. The fourth-order valence-electron chi connectivity index (χ4n) is 9.98. The summed E-state index contributed by atoms with van der Waals surface area (Å²) >= 11 is 0. The van der Waals surface area contributed by atoms with Crippen molar-refractivity contribution in [1.29, 1.82) is 0 Å². The largest absolute Gasteiger partial charge is 0.388 e. The number of aliphatic hydroxyl groups excluding tert-OH is 1. The third-order valence-corrected chi connectivity index (χ3v) is 13.7. The second kappa shape index (κ2) is 19.5. The van der Waals surface area contributed by atoms with Crippen molar-refractivity contribution in [3.63, 3.8) is 0 Å². The van der Waals surface area contributed by atoms with Gasteiger partial charge in [-0.25, -0.2) is 0 Å². The monoisotopic (exact) mass is 677 g/mol. The van der Waals surface area contributed by atoms with Gasteiger partial charge in [0.1, 0.15) is 12.2 Å². The first-order chi connectivity index (χ1) is 23.5. The number of unbranched alkanes of at least 4 members (excludes halogenated alkanes) is 2. The first kappa shape index (κ1) is 37.5. The van der Waals surface area contributed by atoms with E-state index < -0.39 is 6.10 Å². The van der Waals surface area contributed by atoms with Crippen LogP contribution < -0.4 is 0 Å². The van der Waals surface area contributed by atoms with Crippen molar-refractivity contribution in [2.75, 3.05) is 39.6 Å². The maximum atomic E-state index is 10.7. The summed E-state index contributed by atoms with van der Waals surface area (Å²) in [5, 5.41) is 10.7. The Hall–Kier alpha value is -0.280. The lowest BCUT2D eigenvalue weighted by Crippen LogP contribution is -2.34. The highest BCUT2D eigenvalue weighted by molar-refractivity contribution is 4.85. The van der Waals surface area contributed by atoms with E-state index in [2.05, 4.69) is 13.8 Å². The Morgan fingerprint density at radius 3 is 1.31 bits per heavy atom. The smallest absolute Gasteiger partial charge is 0.104 e. The van der Waals surface area contributed by atoms with Crippen molar-refractivity contribution in [2.45, 2.75) is 185 Å². The number of aliphatic hydroxyl groups is 1. The minimum Gasteiger partial charge on any atom is -0.388 e. The van der Waals surface area contributed by atoms with Crippen molar-refractivity contribution < 1.29 is 33.5 Å². The molecule has 48 heavy (non-hydrogen) atoms. The summed E-state index contributed by atoms with van der Waals surface area (Å²) in [5.41, 5.74) is 0. The minimum absolute atomic E-state index is 0.299. The zero-order valence-corrected chi connectivity index (χ0v) is 30.8. The molecule has 6 rings (SSSR count). The molecule has 4 saturated carbocycles. The summed E-state index contributed by atoms with van der Waals surface area (Å²) in [6.45, 7) is 9.47. The Bertz CT molecular complexity index is 862. The number of ether oxygens (including phenoxy) is 6. The minimum atomic E-state index is -0.517. The predicted octanol–water partition coefficient (Wildman–Crippen LogP) is 8.28. The molecule has 7 nitrogen and oxygen atoms in total. The maximum Gasteiger partial charge on any atom is 0.104 e. The van der Waals surface area contributed by atoms with Crippen LogP contribution in [0, 0.1) is 35.5 Å².